The van der Waals surface area contributed by atoms with E-state index in [1.165, 1.54) is 11.8 Å². The molecule has 0 saturated carbocycles. The number of rotatable bonds is 6. The van der Waals surface area contributed by atoms with Crippen molar-refractivity contribution in [2.45, 2.75) is 45.3 Å². The Morgan fingerprint density at radius 1 is 1.26 bits per heavy atom. The van der Waals surface area contributed by atoms with Gasteiger partial charge >= 0.3 is 0 Å². The molecule has 0 unspecified atom stereocenters. The zero-order chi connectivity index (χ0) is 22.8. The monoisotopic (exact) mass is 439 g/mol. The minimum absolute atomic E-state index is 0.104. The summed E-state index contributed by atoms with van der Waals surface area (Å²) in [6, 6.07) is 9.66. The summed E-state index contributed by atoms with van der Waals surface area (Å²) in [5.74, 6) is 1.03. The standard InChI is InChI=1S/C21H25N7O2S/c1-13-14(2)27(15-7-9-16(30-6)10-8-15)19(17(13)11-22)23-18(29)12-31-20-24-25-26-28(20)21(3,4)5/h7-10H,12H2,1-6H3,(H,23,29). The highest BCUT2D eigenvalue weighted by Crippen LogP contribution is 2.31. The van der Waals surface area contributed by atoms with Crippen LogP contribution >= 0.6 is 11.8 Å². The predicted molar refractivity (Wildman–Crippen MR) is 119 cm³/mol. The summed E-state index contributed by atoms with van der Waals surface area (Å²) in [6.45, 7) is 9.75. The first-order valence-electron chi connectivity index (χ1n) is 9.65. The molecule has 0 fully saturated rings. The van der Waals surface area contributed by atoms with Crippen LogP contribution in [-0.4, -0.2) is 43.5 Å². The van der Waals surface area contributed by atoms with Gasteiger partial charge in [0.25, 0.3) is 0 Å². The van der Waals surface area contributed by atoms with Gasteiger partial charge in [-0.1, -0.05) is 11.8 Å². The molecule has 10 heteroatoms. The maximum Gasteiger partial charge on any atom is 0.236 e. The van der Waals surface area contributed by atoms with Gasteiger partial charge in [-0.25, -0.2) is 4.68 Å². The van der Waals surface area contributed by atoms with Gasteiger partial charge in [-0.2, -0.15) is 5.26 Å². The van der Waals surface area contributed by atoms with Crippen molar-refractivity contribution in [2.75, 3.05) is 18.2 Å². The van der Waals surface area contributed by atoms with Gasteiger partial charge in [0, 0.05) is 11.4 Å². The van der Waals surface area contributed by atoms with Gasteiger partial charge in [-0.15, -0.1) is 5.10 Å². The van der Waals surface area contributed by atoms with Crippen LogP contribution < -0.4 is 10.1 Å². The number of anilines is 1. The maximum atomic E-state index is 12.8. The molecule has 9 nitrogen and oxygen atoms in total. The van der Waals surface area contributed by atoms with Gasteiger partial charge < -0.3 is 10.1 Å². The molecule has 0 bridgehead atoms. The van der Waals surface area contributed by atoms with Gasteiger partial charge in [-0.3, -0.25) is 9.36 Å². The van der Waals surface area contributed by atoms with Crippen molar-refractivity contribution in [3.05, 3.63) is 41.1 Å². The van der Waals surface area contributed by atoms with Gasteiger partial charge in [0.15, 0.2) is 0 Å². The highest BCUT2D eigenvalue weighted by Gasteiger charge is 2.23. The molecule has 0 aliphatic rings. The summed E-state index contributed by atoms with van der Waals surface area (Å²) < 4.78 is 8.78. The second-order valence-electron chi connectivity index (χ2n) is 7.96. The number of carbonyl (C=O) groups is 1. The fourth-order valence-electron chi connectivity index (χ4n) is 3.10. The van der Waals surface area contributed by atoms with Gasteiger partial charge in [0.05, 0.1) is 24.0 Å². The lowest BCUT2D eigenvalue weighted by Crippen LogP contribution is -2.25. The predicted octanol–water partition coefficient (Wildman–Crippen LogP) is 3.45. The van der Waals surface area contributed by atoms with Crippen molar-refractivity contribution in [2.24, 2.45) is 0 Å². The lowest BCUT2D eigenvalue weighted by atomic mass is 10.1. The van der Waals surface area contributed by atoms with Gasteiger partial charge in [0.2, 0.25) is 11.1 Å². The quantitative estimate of drug-likeness (QED) is 0.586. The maximum absolute atomic E-state index is 12.8. The number of thioether (sulfide) groups is 1. The third-order valence-corrected chi connectivity index (χ3v) is 5.74. The Labute approximate surface area is 185 Å². The summed E-state index contributed by atoms with van der Waals surface area (Å²) in [5, 5.41) is 24.9. The largest absolute Gasteiger partial charge is 0.497 e. The summed E-state index contributed by atoms with van der Waals surface area (Å²) in [7, 11) is 1.60. The van der Waals surface area contributed by atoms with E-state index in [9.17, 15) is 10.1 Å². The minimum Gasteiger partial charge on any atom is -0.497 e. The molecule has 2 heterocycles. The van der Waals surface area contributed by atoms with E-state index in [1.807, 2.05) is 63.5 Å². The highest BCUT2D eigenvalue weighted by atomic mass is 32.2. The smallest absolute Gasteiger partial charge is 0.236 e. The minimum atomic E-state index is -0.298. The van der Waals surface area contributed by atoms with E-state index in [2.05, 4.69) is 26.9 Å². The molecule has 1 N–H and O–H groups in total. The molecule has 2 aromatic heterocycles. The van der Waals surface area contributed by atoms with E-state index in [0.29, 0.717) is 16.5 Å². The molecule has 0 aliphatic heterocycles. The van der Waals surface area contributed by atoms with Crippen LogP contribution in [0.2, 0.25) is 0 Å². The van der Waals surface area contributed by atoms with E-state index in [-0.39, 0.29) is 17.2 Å². The van der Waals surface area contributed by atoms with Crippen LogP contribution in [0.1, 0.15) is 37.6 Å². The van der Waals surface area contributed by atoms with E-state index < -0.39 is 0 Å². The van der Waals surface area contributed by atoms with Crippen LogP contribution in [0, 0.1) is 25.2 Å². The summed E-state index contributed by atoms with van der Waals surface area (Å²) >= 11 is 1.25. The van der Waals surface area contributed by atoms with E-state index in [4.69, 9.17) is 4.74 Å². The normalized spacial score (nSPS) is 11.3. The Hall–Kier alpha value is -3.32. The molecule has 1 aromatic carbocycles. The van der Waals surface area contributed by atoms with Crippen LogP contribution in [0.4, 0.5) is 5.82 Å². The summed E-state index contributed by atoms with van der Waals surface area (Å²) in [4.78, 5) is 12.8. The third kappa shape index (κ3) is 4.56. The average Bonchev–Trinajstić information content (AvgIpc) is 3.30. The molecule has 0 saturated heterocycles. The first kappa shape index (κ1) is 22.4. The number of carbonyl (C=O) groups excluding carboxylic acids is 1. The molecule has 0 radical (unpaired) electrons. The fraction of sp³-hybridized carbons (Fsp3) is 0.381. The van der Waals surface area contributed by atoms with E-state index >= 15 is 0 Å². The Morgan fingerprint density at radius 3 is 2.52 bits per heavy atom. The van der Waals surface area contributed by atoms with Crippen molar-refractivity contribution in [1.82, 2.24) is 24.8 Å². The van der Waals surface area contributed by atoms with E-state index in [0.717, 1.165) is 22.7 Å². The molecule has 0 atom stereocenters. The number of aromatic nitrogens is 5. The number of nitrogens with zero attached hydrogens (tertiary/aromatic N) is 6. The Kier molecular flexibility index (Phi) is 6.36. The number of benzene rings is 1. The number of hydrogen-bond acceptors (Lipinski definition) is 7. The van der Waals surface area contributed by atoms with Gasteiger partial charge in [0.1, 0.15) is 17.6 Å². The van der Waals surface area contributed by atoms with Crippen LogP contribution in [-0.2, 0) is 10.3 Å². The lowest BCUT2D eigenvalue weighted by molar-refractivity contribution is -0.113. The number of ether oxygens (including phenoxy) is 1. The second kappa shape index (κ2) is 8.81. The SMILES string of the molecule is COc1ccc(-n2c(C)c(C)c(C#N)c2NC(=O)CSc2nnnn2C(C)(C)C)cc1. The summed E-state index contributed by atoms with van der Waals surface area (Å²) in [6.07, 6.45) is 0. The van der Waals surface area contributed by atoms with E-state index in [1.54, 1.807) is 11.8 Å². The number of hydrogen-bond donors (Lipinski definition) is 1. The molecular formula is C21H25N7O2S. The second-order valence-corrected chi connectivity index (χ2v) is 8.90. The van der Waals surface area contributed by atoms with Crippen molar-refractivity contribution in [3.8, 4) is 17.5 Å². The Bertz CT molecular complexity index is 1130. The van der Waals surface area contributed by atoms with Crippen molar-refractivity contribution < 1.29 is 9.53 Å². The number of nitrogens with one attached hydrogen (secondary N) is 1. The van der Waals surface area contributed by atoms with Crippen LogP contribution in [0.15, 0.2) is 29.4 Å². The molecule has 3 rings (SSSR count). The molecular weight excluding hydrogens is 414 g/mol. The molecule has 162 valence electrons. The van der Waals surface area contributed by atoms with Crippen molar-refractivity contribution in [1.29, 1.82) is 5.26 Å². The highest BCUT2D eigenvalue weighted by molar-refractivity contribution is 7.99. The zero-order valence-electron chi connectivity index (χ0n) is 18.4. The molecule has 1 amide bonds. The molecule has 31 heavy (non-hydrogen) atoms. The fourth-order valence-corrected chi connectivity index (χ4v) is 3.96. The first-order chi connectivity index (χ1) is 14.7. The van der Waals surface area contributed by atoms with Crippen molar-refractivity contribution >= 4 is 23.5 Å². The van der Waals surface area contributed by atoms with Crippen LogP contribution in [0.5, 0.6) is 5.75 Å². The number of amides is 1. The van der Waals surface area contributed by atoms with Crippen LogP contribution in [0.25, 0.3) is 5.69 Å². The average molecular weight is 440 g/mol. The first-order valence-corrected chi connectivity index (χ1v) is 10.6. The topological polar surface area (TPSA) is 111 Å². The number of tetrazole rings is 1. The lowest BCUT2D eigenvalue weighted by Gasteiger charge is -2.19. The van der Waals surface area contributed by atoms with Gasteiger partial charge in [-0.05, 0) is 74.9 Å². The third-order valence-electron chi connectivity index (χ3n) is 4.82. The van der Waals surface area contributed by atoms with Crippen LogP contribution in [0.3, 0.4) is 0 Å². The number of methoxy groups -OCH3 is 1. The molecule has 0 aliphatic carbocycles. The van der Waals surface area contributed by atoms with Crippen molar-refractivity contribution in [3.63, 3.8) is 0 Å². The molecule has 0 spiro atoms. The zero-order valence-corrected chi connectivity index (χ0v) is 19.2. The Balaban J connectivity index is 1.87. The number of nitriles is 1. The Morgan fingerprint density at radius 2 is 1.94 bits per heavy atom. The summed E-state index contributed by atoms with van der Waals surface area (Å²) in [5.41, 5.74) is 2.65. The molecule has 3 aromatic rings.